The first-order valence-electron chi connectivity index (χ1n) is 17.7. The van der Waals surface area contributed by atoms with E-state index < -0.39 is 12.4 Å². The van der Waals surface area contributed by atoms with E-state index in [-0.39, 0.29) is 36.7 Å². The van der Waals surface area contributed by atoms with Gasteiger partial charge in [-0.1, -0.05) is 85.3 Å². The van der Waals surface area contributed by atoms with Crippen molar-refractivity contribution >= 4 is 28.9 Å². The number of nitrogen functional groups attached to an aromatic ring is 1. The second-order valence-electron chi connectivity index (χ2n) is 13.3. The van der Waals surface area contributed by atoms with Gasteiger partial charge in [0.15, 0.2) is 6.29 Å². The minimum absolute atomic E-state index is 0.0281. The Balaban J connectivity index is 1.14. The normalized spacial score (nSPS) is 18.6. The van der Waals surface area contributed by atoms with Gasteiger partial charge in [0.25, 0.3) is 0 Å². The van der Waals surface area contributed by atoms with Crippen LogP contribution in [0.1, 0.15) is 86.2 Å². The van der Waals surface area contributed by atoms with Crippen molar-refractivity contribution in [1.29, 1.82) is 0 Å². The third-order valence-corrected chi connectivity index (χ3v) is 9.41. The number of hydrogen-bond donors (Lipinski definition) is 5. The van der Waals surface area contributed by atoms with E-state index in [2.05, 4.69) is 15.5 Å². The fraction of sp³-hybridized carbons (Fsp3) is 0.366. The van der Waals surface area contributed by atoms with Gasteiger partial charge in [-0.25, -0.2) is 0 Å². The predicted molar refractivity (Wildman–Crippen MR) is 200 cm³/mol. The summed E-state index contributed by atoms with van der Waals surface area (Å²) in [5.74, 6) is -0.181. The van der Waals surface area contributed by atoms with E-state index in [0.29, 0.717) is 55.7 Å². The number of para-hydroxylation sites is 2. The number of unbranched alkanes of at least 4 members (excludes halogenated alkanes) is 2. The second-order valence-corrected chi connectivity index (χ2v) is 13.3. The zero-order chi connectivity index (χ0) is 36.2. The van der Waals surface area contributed by atoms with Crippen molar-refractivity contribution in [2.24, 2.45) is 0 Å². The van der Waals surface area contributed by atoms with Crippen LogP contribution in [0.3, 0.4) is 0 Å². The molecule has 1 aliphatic heterocycles. The first kappa shape index (κ1) is 37.7. The number of carbonyl (C=O) groups is 2. The molecule has 0 radical (unpaired) electrons. The first-order chi connectivity index (χ1) is 24.7. The smallest absolute Gasteiger partial charge is 0.224 e. The van der Waals surface area contributed by atoms with Gasteiger partial charge in [-0.15, -0.1) is 0 Å². The topological polar surface area (TPSA) is 146 Å². The van der Waals surface area contributed by atoms with E-state index in [9.17, 15) is 19.8 Å². The van der Waals surface area contributed by atoms with Gasteiger partial charge in [-0.2, -0.15) is 0 Å². The number of aliphatic hydroxyl groups is 2. The highest BCUT2D eigenvalue weighted by Crippen LogP contribution is 2.38. The van der Waals surface area contributed by atoms with Crippen molar-refractivity contribution in [2.75, 3.05) is 30.0 Å². The van der Waals surface area contributed by atoms with Crippen molar-refractivity contribution < 1.29 is 29.3 Å². The van der Waals surface area contributed by atoms with E-state index in [0.717, 1.165) is 28.7 Å². The third kappa shape index (κ3) is 11.0. The Labute approximate surface area is 300 Å². The molecule has 0 spiro atoms. The predicted octanol–water partition coefficient (Wildman–Crippen LogP) is 6.89. The van der Waals surface area contributed by atoms with Gasteiger partial charge in [0.05, 0.1) is 36.3 Å². The molecular formula is C41H50N4O6. The summed E-state index contributed by atoms with van der Waals surface area (Å²) in [6, 6.07) is 31.9. The van der Waals surface area contributed by atoms with Crippen LogP contribution in [0.2, 0.25) is 0 Å². The van der Waals surface area contributed by atoms with Crippen LogP contribution >= 0.6 is 0 Å². The number of likely N-dealkylation sites (N-methyl/N-ethyl adjacent to an activating group) is 1. The maximum Gasteiger partial charge on any atom is 0.224 e. The molecular weight excluding hydrogens is 644 g/mol. The molecule has 0 aliphatic carbocycles. The second kappa shape index (κ2) is 18.6. The fourth-order valence-electron chi connectivity index (χ4n) is 6.21. The molecule has 270 valence electrons. The minimum Gasteiger partial charge on any atom is -0.397 e. The number of hydrogen-bond acceptors (Lipinski definition) is 8. The van der Waals surface area contributed by atoms with E-state index in [1.807, 2.05) is 105 Å². The largest absolute Gasteiger partial charge is 0.397 e. The number of nitrogens with two attached hydrogens (primary N) is 1. The molecule has 5 unspecified atom stereocenters. The number of benzene rings is 4. The number of anilines is 3. The third-order valence-electron chi connectivity index (χ3n) is 9.41. The van der Waals surface area contributed by atoms with E-state index in [1.165, 1.54) is 0 Å². The lowest BCUT2D eigenvalue weighted by atomic mass is 9.98. The van der Waals surface area contributed by atoms with Crippen LogP contribution in [0.4, 0.5) is 17.1 Å². The van der Waals surface area contributed by atoms with Crippen molar-refractivity contribution in [3.05, 3.63) is 125 Å². The maximum absolute atomic E-state index is 12.7. The number of rotatable bonds is 16. The van der Waals surface area contributed by atoms with Crippen LogP contribution in [0.5, 0.6) is 0 Å². The molecule has 0 aromatic heterocycles. The van der Waals surface area contributed by atoms with Gasteiger partial charge in [0.2, 0.25) is 11.8 Å². The first-order valence-corrected chi connectivity index (χ1v) is 17.7. The van der Waals surface area contributed by atoms with Crippen LogP contribution in [-0.2, 0) is 25.7 Å². The Morgan fingerprint density at radius 3 is 2.12 bits per heavy atom. The zero-order valence-electron chi connectivity index (χ0n) is 29.4. The van der Waals surface area contributed by atoms with Crippen LogP contribution in [-0.4, -0.2) is 52.7 Å². The number of aliphatic hydroxyl groups excluding tert-OH is 2. The van der Waals surface area contributed by atoms with E-state index >= 15 is 0 Å². The lowest BCUT2D eigenvalue weighted by molar-refractivity contribution is -0.253. The minimum atomic E-state index is -0.650. The highest BCUT2D eigenvalue weighted by atomic mass is 16.7. The molecule has 0 bridgehead atoms. The molecule has 1 aliphatic rings. The summed E-state index contributed by atoms with van der Waals surface area (Å²) >= 11 is 0. The molecule has 0 saturated carbocycles. The summed E-state index contributed by atoms with van der Waals surface area (Å²) in [5, 5.41) is 26.4. The summed E-state index contributed by atoms with van der Waals surface area (Å²) in [5.41, 5.74) is 11.2. The number of amides is 2. The molecule has 10 nitrogen and oxygen atoms in total. The van der Waals surface area contributed by atoms with E-state index in [1.54, 1.807) is 12.1 Å². The Morgan fingerprint density at radius 2 is 1.45 bits per heavy atom. The Bertz CT molecular complexity index is 1680. The lowest BCUT2D eigenvalue weighted by Crippen LogP contribution is -2.43. The summed E-state index contributed by atoms with van der Waals surface area (Å²) in [6.45, 7) is 2.56. The van der Waals surface area contributed by atoms with Crippen molar-refractivity contribution in [2.45, 2.75) is 82.7 Å². The lowest BCUT2D eigenvalue weighted by Gasteiger charge is -2.39. The summed E-state index contributed by atoms with van der Waals surface area (Å²) in [4.78, 5) is 27.0. The number of nitrogens with zero attached hydrogens (tertiary/aromatic N) is 1. The van der Waals surface area contributed by atoms with Crippen LogP contribution in [0.15, 0.2) is 103 Å². The summed E-state index contributed by atoms with van der Waals surface area (Å²) < 4.78 is 13.0. The monoisotopic (exact) mass is 694 g/mol. The van der Waals surface area contributed by atoms with Gasteiger partial charge in [0.1, 0.15) is 0 Å². The number of ether oxygens (including phenoxy) is 2. The molecule has 6 N–H and O–H groups in total. The van der Waals surface area contributed by atoms with Crippen LogP contribution in [0, 0.1) is 0 Å². The summed E-state index contributed by atoms with van der Waals surface area (Å²) in [7, 11) is 1.99. The molecule has 1 fully saturated rings. The molecule has 1 heterocycles. The highest BCUT2D eigenvalue weighted by Gasteiger charge is 2.34. The molecule has 4 aromatic rings. The Hall–Kier alpha value is -4.58. The molecule has 2 amide bonds. The quantitative estimate of drug-likeness (QED) is 0.0630. The van der Waals surface area contributed by atoms with Crippen LogP contribution < -0.4 is 16.4 Å². The summed E-state index contributed by atoms with van der Waals surface area (Å²) in [6.07, 6.45) is 1.71. The zero-order valence-corrected chi connectivity index (χ0v) is 29.4. The fourth-order valence-corrected chi connectivity index (χ4v) is 6.21. The molecule has 1 saturated heterocycles. The Morgan fingerprint density at radius 1 is 0.824 bits per heavy atom. The van der Waals surface area contributed by atoms with Gasteiger partial charge >= 0.3 is 0 Å². The molecule has 51 heavy (non-hydrogen) atoms. The number of nitrogens with one attached hydrogen (secondary N) is 2. The van der Waals surface area contributed by atoms with Gasteiger partial charge in [-0.3, -0.25) is 14.5 Å². The van der Waals surface area contributed by atoms with Gasteiger partial charge in [0, 0.05) is 43.1 Å². The molecule has 10 heteroatoms. The van der Waals surface area contributed by atoms with Crippen molar-refractivity contribution in [3.8, 4) is 0 Å². The van der Waals surface area contributed by atoms with Crippen LogP contribution in [0.25, 0.3) is 0 Å². The SMILES string of the molecule is CC(C(O)c1ccccc1)N(C)CC1CC(c2ccc(CO)cc2)OC(c2ccc(NC(=O)CCCCCC(=O)Nc3ccccc3N)cc2)O1. The maximum atomic E-state index is 12.7. The standard InChI is InChI=1S/C41H50N4O6/c1-28(40(49)31-11-5-3-6-12-31)45(2)26-34-25-37(30-19-17-29(27-46)18-20-30)51-41(50-34)32-21-23-33(24-22-32)43-38(47)15-7-4-8-16-39(48)44-36-14-10-9-13-35(36)42/h3,5-6,9-14,17-24,28,34,37,40-41,46,49H,4,7-8,15-16,25-27,42H2,1-2H3,(H,43,47)(H,44,48). The highest BCUT2D eigenvalue weighted by molar-refractivity contribution is 5.93. The van der Waals surface area contributed by atoms with E-state index in [4.69, 9.17) is 15.2 Å². The van der Waals surface area contributed by atoms with Crippen molar-refractivity contribution in [3.63, 3.8) is 0 Å². The van der Waals surface area contributed by atoms with Gasteiger partial charge in [-0.05, 0) is 67.8 Å². The number of carbonyl (C=O) groups excluding carboxylic acids is 2. The molecule has 5 atom stereocenters. The Kier molecular flexibility index (Phi) is 13.7. The average Bonchev–Trinajstić information content (AvgIpc) is 3.15. The molecule has 5 rings (SSSR count). The average molecular weight is 695 g/mol. The van der Waals surface area contributed by atoms with Gasteiger partial charge < -0.3 is 36.1 Å². The van der Waals surface area contributed by atoms with Crippen molar-refractivity contribution in [1.82, 2.24) is 4.90 Å². The molecule has 4 aromatic carbocycles.